The first kappa shape index (κ1) is 14.2. The van der Waals surface area contributed by atoms with E-state index in [0.29, 0.717) is 17.2 Å². The quantitative estimate of drug-likeness (QED) is 0.777. The van der Waals surface area contributed by atoms with Crippen LogP contribution in [0, 0.1) is 11.3 Å². The zero-order valence-corrected chi connectivity index (χ0v) is 11.3. The molecule has 98 valence electrons. The minimum absolute atomic E-state index is 0.149. The molecule has 1 aromatic carbocycles. The first-order chi connectivity index (χ1) is 8.71. The standard InChI is InChI=1S/C14H19NO3/c1-5-6-10(9-15)11-7-12(16-2)14(18-4)13(8-11)17-3/h7-8,10H,5-6H2,1-4H3. The van der Waals surface area contributed by atoms with E-state index in [-0.39, 0.29) is 5.92 Å². The van der Waals surface area contributed by atoms with Crippen molar-refractivity contribution < 1.29 is 14.2 Å². The van der Waals surface area contributed by atoms with E-state index in [1.54, 1.807) is 21.3 Å². The molecular formula is C14H19NO3. The summed E-state index contributed by atoms with van der Waals surface area (Å²) in [6.45, 7) is 2.06. The average molecular weight is 249 g/mol. The van der Waals surface area contributed by atoms with Gasteiger partial charge in [-0.1, -0.05) is 13.3 Å². The molecule has 0 N–H and O–H groups in total. The van der Waals surface area contributed by atoms with Crippen molar-refractivity contribution in [3.8, 4) is 23.3 Å². The molecule has 0 aliphatic rings. The van der Waals surface area contributed by atoms with Gasteiger partial charge in [-0.3, -0.25) is 0 Å². The van der Waals surface area contributed by atoms with E-state index in [1.807, 2.05) is 12.1 Å². The van der Waals surface area contributed by atoms with Crippen molar-refractivity contribution in [1.29, 1.82) is 5.26 Å². The number of ether oxygens (including phenoxy) is 3. The Morgan fingerprint density at radius 2 is 1.67 bits per heavy atom. The van der Waals surface area contributed by atoms with Gasteiger partial charge in [-0.25, -0.2) is 0 Å². The molecule has 0 amide bonds. The van der Waals surface area contributed by atoms with Crippen LogP contribution in [-0.4, -0.2) is 21.3 Å². The molecular weight excluding hydrogens is 230 g/mol. The Bertz CT molecular complexity index is 412. The minimum atomic E-state index is -0.149. The van der Waals surface area contributed by atoms with E-state index < -0.39 is 0 Å². The van der Waals surface area contributed by atoms with Gasteiger partial charge >= 0.3 is 0 Å². The van der Waals surface area contributed by atoms with Crippen LogP contribution in [0.2, 0.25) is 0 Å². The smallest absolute Gasteiger partial charge is 0.203 e. The van der Waals surface area contributed by atoms with Crippen LogP contribution >= 0.6 is 0 Å². The molecule has 4 heteroatoms. The Morgan fingerprint density at radius 1 is 1.11 bits per heavy atom. The summed E-state index contributed by atoms with van der Waals surface area (Å²) in [6, 6.07) is 5.98. The molecule has 0 aromatic heterocycles. The van der Waals surface area contributed by atoms with Crippen molar-refractivity contribution in [2.45, 2.75) is 25.7 Å². The van der Waals surface area contributed by atoms with E-state index in [0.717, 1.165) is 18.4 Å². The summed E-state index contributed by atoms with van der Waals surface area (Å²) in [5.41, 5.74) is 0.897. The number of nitrogens with zero attached hydrogens (tertiary/aromatic N) is 1. The molecule has 4 nitrogen and oxygen atoms in total. The molecule has 0 spiro atoms. The minimum Gasteiger partial charge on any atom is -0.493 e. The summed E-state index contributed by atoms with van der Waals surface area (Å²) < 4.78 is 15.8. The average Bonchev–Trinajstić information content (AvgIpc) is 2.42. The molecule has 0 heterocycles. The SMILES string of the molecule is CCCC(C#N)c1cc(OC)c(OC)c(OC)c1. The molecule has 1 unspecified atom stereocenters. The number of hydrogen-bond donors (Lipinski definition) is 0. The van der Waals surface area contributed by atoms with Gasteiger partial charge in [0.25, 0.3) is 0 Å². The largest absolute Gasteiger partial charge is 0.493 e. The Morgan fingerprint density at radius 3 is 2.00 bits per heavy atom. The molecule has 0 saturated carbocycles. The summed E-state index contributed by atoms with van der Waals surface area (Å²) in [5, 5.41) is 9.20. The number of nitriles is 1. The first-order valence-corrected chi connectivity index (χ1v) is 5.91. The number of rotatable bonds is 6. The van der Waals surface area contributed by atoms with E-state index in [4.69, 9.17) is 14.2 Å². The topological polar surface area (TPSA) is 51.5 Å². The third-order valence-corrected chi connectivity index (χ3v) is 2.82. The van der Waals surface area contributed by atoms with E-state index in [2.05, 4.69) is 13.0 Å². The summed E-state index contributed by atoms with van der Waals surface area (Å²) in [6.07, 6.45) is 1.77. The summed E-state index contributed by atoms with van der Waals surface area (Å²) >= 11 is 0. The molecule has 1 atom stereocenters. The number of hydrogen-bond acceptors (Lipinski definition) is 4. The second kappa shape index (κ2) is 6.75. The van der Waals surface area contributed by atoms with E-state index in [1.165, 1.54) is 0 Å². The Kier molecular flexibility index (Phi) is 5.31. The fourth-order valence-corrected chi connectivity index (χ4v) is 1.90. The van der Waals surface area contributed by atoms with Crippen molar-refractivity contribution in [3.05, 3.63) is 17.7 Å². The molecule has 0 saturated heterocycles. The second-order valence-electron chi connectivity index (χ2n) is 3.93. The zero-order chi connectivity index (χ0) is 13.5. The molecule has 0 aliphatic carbocycles. The van der Waals surface area contributed by atoms with Gasteiger partial charge in [0.15, 0.2) is 11.5 Å². The maximum atomic E-state index is 9.20. The lowest BCUT2D eigenvalue weighted by molar-refractivity contribution is 0.323. The van der Waals surface area contributed by atoms with Crippen molar-refractivity contribution in [3.63, 3.8) is 0 Å². The van der Waals surface area contributed by atoms with Crippen LogP contribution in [-0.2, 0) is 0 Å². The van der Waals surface area contributed by atoms with Crippen LogP contribution in [0.1, 0.15) is 31.2 Å². The number of methoxy groups -OCH3 is 3. The van der Waals surface area contributed by atoms with Gasteiger partial charge in [-0.15, -0.1) is 0 Å². The monoisotopic (exact) mass is 249 g/mol. The molecule has 0 fully saturated rings. The maximum Gasteiger partial charge on any atom is 0.203 e. The first-order valence-electron chi connectivity index (χ1n) is 5.91. The lowest BCUT2D eigenvalue weighted by atomic mass is 9.95. The Balaban J connectivity index is 3.26. The molecule has 1 aromatic rings. The predicted octanol–water partition coefficient (Wildman–Crippen LogP) is 3.12. The van der Waals surface area contributed by atoms with Gasteiger partial charge in [0, 0.05) is 0 Å². The second-order valence-corrected chi connectivity index (χ2v) is 3.93. The van der Waals surface area contributed by atoms with E-state index >= 15 is 0 Å². The molecule has 0 bridgehead atoms. The summed E-state index contributed by atoms with van der Waals surface area (Å²) in [7, 11) is 4.71. The van der Waals surface area contributed by atoms with Crippen molar-refractivity contribution in [1.82, 2.24) is 0 Å². The lowest BCUT2D eigenvalue weighted by Gasteiger charge is -2.16. The summed E-state index contributed by atoms with van der Waals surface area (Å²) in [4.78, 5) is 0. The predicted molar refractivity (Wildman–Crippen MR) is 69.4 cm³/mol. The fourth-order valence-electron chi connectivity index (χ4n) is 1.90. The third kappa shape index (κ3) is 2.86. The van der Waals surface area contributed by atoms with Gasteiger partial charge in [0.2, 0.25) is 5.75 Å². The van der Waals surface area contributed by atoms with Crippen molar-refractivity contribution in [2.24, 2.45) is 0 Å². The molecule has 0 aliphatic heterocycles. The van der Waals surface area contributed by atoms with Crippen LogP contribution in [0.25, 0.3) is 0 Å². The van der Waals surface area contributed by atoms with Crippen LogP contribution in [0.5, 0.6) is 17.2 Å². The van der Waals surface area contributed by atoms with Gasteiger partial charge in [-0.05, 0) is 24.1 Å². The van der Waals surface area contributed by atoms with Gasteiger partial charge in [-0.2, -0.15) is 5.26 Å². The third-order valence-electron chi connectivity index (χ3n) is 2.82. The molecule has 18 heavy (non-hydrogen) atoms. The summed E-state index contributed by atoms with van der Waals surface area (Å²) in [5.74, 6) is 1.58. The highest BCUT2D eigenvalue weighted by atomic mass is 16.5. The Labute approximate surface area is 108 Å². The Hall–Kier alpha value is -1.89. The zero-order valence-electron chi connectivity index (χ0n) is 11.3. The van der Waals surface area contributed by atoms with Crippen molar-refractivity contribution in [2.75, 3.05) is 21.3 Å². The van der Waals surface area contributed by atoms with Crippen LogP contribution < -0.4 is 14.2 Å². The van der Waals surface area contributed by atoms with Gasteiger partial charge in [0.1, 0.15) is 0 Å². The number of benzene rings is 1. The molecule has 0 radical (unpaired) electrons. The normalized spacial score (nSPS) is 11.5. The van der Waals surface area contributed by atoms with Crippen LogP contribution in [0.15, 0.2) is 12.1 Å². The highest BCUT2D eigenvalue weighted by Crippen LogP contribution is 2.40. The maximum absolute atomic E-state index is 9.20. The lowest BCUT2D eigenvalue weighted by Crippen LogP contribution is -2.00. The fraction of sp³-hybridized carbons (Fsp3) is 0.500. The van der Waals surface area contributed by atoms with E-state index in [9.17, 15) is 5.26 Å². The van der Waals surface area contributed by atoms with Gasteiger partial charge in [0.05, 0.1) is 33.3 Å². The van der Waals surface area contributed by atoms with Crippen LogP contribution in [0.3, 0.4) is 0 Å². The van der Waals surface area contributed by atoms with Crippen molar-refractivity contribution >= 4 is 0 Å². The highest BCUT2D eigenvalue weighted by molar-refractivity contribution is 5.55. The van der Waals surface area contributed by atoms with Gasteiger partial charge < -0.3 is 14.2 Å². The van der Waals surface area contributed by atoms with Crippen LogP contribution in [0.4, 0.5) is 0 Å². The molecule has 1 rings (SSSR count). The highest BCUT2D eigenvalue weighted by Gasteiger charge is 2.17.